The smallest absolute Gasteiger partial charge is 0.188 e. The van der Waals surface area contributed by atoms with E-state index in [0.717, 1.165) is 11.1 Å². The molecule has 0 radical (unpaired) electrons. The van der Waals surface area contributed by atoms with Crippen LogP contribution in [0.25, 0.3) is 11.1 Å². The van der Waals surface area contributed by atoms with Crippen LogP contribution in [0.5, 0.6) is 0 Å². The average molecular weight is 254 g/mol. The fourth-order valence-corrected chi connectivity index (χ4v) is 1.80. The van der Waals surface area contributed by atoms with Gasteiger partial charge in [-0.25, -0.2) is 0 Å². The minimum absolute atomic E-state index is 0.0216. The van der Waals surface area contributed by atoms with Gasteiger partial charge in [0.05, 0.1) is 6.10 Å². The highest BCUT2D eigenvalue weighted by Crippen LogP contribution is 2.19. The summed E-state index contributed by atoms with van der Waals surface area (Å²) < 4.78 is 5.32. The van der Waals surface area contributed by atoms with Crippen molar-refractivity contribution in [3.8, 4) is 11.1 Å². The Morgan fingerprint density at radius 1 is 0.947 bits per heavy atom. The van der Waals surface area contributed by atoms with Crippen molar-refractivity contribution in [1.82, 2.24) is 0 Å². The molecule has 0 aromatic heterocycles. The van der Waals surface area contributed by atoms with Crippen molar-refractivity contribution in [3.63, 3.8) is 0 Å². The van der Waals surface area contributed by atoms with E-state index in [1.165, 1.54) is 0 Å². The van der Waals surface area contributed by atoms with Crippen molar-refractivity contribution < 1.29 is 9.53 Å². The van der Waals surface area contributed by atoms with Gasteiger partial charge in [0.25, 0.3) is 0 Å². The van der Waals surface area contributed by atoms with Gasteiger partial charge in [0.1, 0.15) is 6.61 Å². The summed E-state index contributed by atoms with van der Waals surface area (Å²) in [5.41, 5.74) is 2.96. The molecule has 0 N–H and O–H groups in total. The van der Waals surface area contributed by atoms with Gasteiger partial charge < -0.3 is 4.74 Å². The highest BCUT2D eigenvalue weighted by Gasteiger charge is 2.07. The maximum Gasteiger partial charge on any atom is 0.188 e. The number of Topliss-reactive ketones (excluding diaryl/α,β-unsaturated/α-hetero) is 1. The van der Waals surface area contributed by atoms with Crippen molar-refractivity contribution in [2.75, 3.05) is 6.61 Å². The quantitative estimate of drug-likeness (QED) is 0.755. The standard InChI is InChI=1S/C17H18O2/c1-13(2)19-12-17(18)16-10-8-15(9-11-16)14-6-4-3-5-7-14/h3-11,13H,12H2,1-2H3. The first-order valence-electron chi connectivity index (χ1n) is 6.47. The molecule has 0 unspecified atom stereocenters. The molecule has 2 aromatic rings. The Hall–Kier alpha value is -1.93. The van der Waals surface area contributed by atoms with Crippen LogP contribution < -0.4 is 0 Å². The Morgan fingerprint density at radius 2 is 1.53 bits per heavy atom. The van der Waals surface area contributed by atoms with E-state index in [1.54, 1.807) is 0 Å². The van der Waals surface area contributed by atoms with E-state index in [9.17, 15) is 4.79 Å². The molecule has 98 valence electrons. The molecule has 2 rings (SSSR count). The molecule has 0 aliphatic heterocycles. The normalized spacial score (nSPS) is 10.7. The van der Waals surface area contributed by atoms with Gasteiger partial charge in [-0.15, -0.1) is 0 Å². The summed E-state index contributed by atoms with van der Waals surface area (Å²) in [5.74, 6) is 0.0216. The molecule has 0 bridgehead atoms. The van der Waals surface area contributed by atoms with E-state index in [0.29, 0.717) is 5.56 Å². The Labute approximate surface area is 114 Å². The van der Waals surface area contributed by atoms with Crippen LogP contribution in [0.4, 0.5) is 0 Å². The first-order valence-corrected chi connectivity index (χ1v) is 6.47. The van der Waals surface area contributed by atoms with Gasteiger partial charge in [-0.3, -0.25) is 4.79 Å². The van der Waals surface area contributed by atoms with Crippen LogP contribution in [0.2, 0.25) is 0 Å². The number of carbonyl (C=O) groups excluding carboxylic acids is 1. The van der Waals surface area contributed by atoms with Crippen LogP contribution in [0.1, 0.15) is 24.2 Å². The summed E-state index contributed by atoms with van der Waals surface area (Å²) in [6.45, 7) is 3.99. The number of ketones is 1. The summed E-state index contributed by atoms with van der Waals surface area (Å²) in [4.78, 5) is 11.9. The summed E-state index contributed by atoms with van der Waals surface area (Å²) >= 11 is 0. The molecule has 0 saturated heterocycles. The SMILES string of the molecule is CC(C)OCC(=O)c1ccc(-c2ccccc2)cc1. The Bertz CT molecular complexity index is 527. The third-order valence-electron chi connectivity index (χ3n) is 2.86. The van der Waals surface area contributed by atoms with E-state index < -0.39 is 0 Å². The summed E-state index contributed by atoms with van der Waals surface area (Å²) in [7, 11) is 0. The second-order valence-electron chi connectivity index (χ2n) is 4.73. The number of carbonyl (C=O) groups is 1. The van der Waals surface area contributed by atoms with Crippen molar-refractivity contribution in [2.24, 2.45) is 0 Å². The van der Waals surface area contributed by atoms with Crippen LogP contribution in [0.15, 0.2) is 54.6 Å². The molecule has 19 heavy (non-hydrogen) atoms. The van der Waals surface area contributed by atoms with Crippen LogP contribution in [0, 0.1) is 0 Å². The van der Waals surface area contributed by atoms with Crippen molar-refractivity contribution >= 4 is 5.78 Å². The molecule has 2 aromatic carbocycles. The van der Waals surface area contributed by atoms with E-state index in [1.807, 2.05) is 56.3 Å². The van der Waals surface area contributed by atoms with E-state index in [2.05, 4.69) is 12.1 Å². The summed E-state index contributed by atoms with van der Waals surface area (Å²) in [6, 6.07) is 17.8. The third kappa shape index (κ3) is 3.76. The van der Waals surface area contributed by atoms with Gasteiger partial charge in [0, 0.05) is 5.56 Å². The molecule has 0 atom stereocenters. The first-order chi connectivity index (χ1) is 9.16. The first kappa shape index (κ1) is 13.5. The molecule has 2 nitrogen and oxygen atoms in total. The van der Waals surface area contributed by atoms with Gasteiger partial charge in [0.2, 0.25) is 0 Å². The molecular formula is C17H18O2. The van der Waals surface area contributed by atoms with Gasteiger partial charge in [-0.1, -0.05) is 54.6 Å². The van der Waals surface area contributed by atoms with Crippen LogP contribution in [-0.4, -0.2) is 18.5 Å². The average Bonchev–Trinajstić information content (AvgIpc) is 2.46. The zero-order valence-electron chi connectivity index (χ0n) is 11.3. The zero-order chi connectivity index (χ0) is 13.7. The van der Waals surface area contributed by atoms with Gasteiger partial charge in [-0.2, -0.15) is 0 Å². The fraction of sp³-hybridized carbons (Fsp3) is 0.235. The number of hydrogen-bond donors (Lipinski definition) is 0. The monoisotopic (exact) mass is 254 g/mol. The molecule has 0 heterocycles. The highest BCUT2D eigenvalue weighted by molar-refractivity contribution is 5.97. The summed E-state index contributed by atoms with van der Waals surface area (Å²) in [5, 5.41) is 0. The van der Waals surface area contributed by atoms with Crippen molar-refractivity contribution in [3.05, 3.63) is 60.2 Å². The number of rotatable bonds is 5. The molecule has 0 fully saturated rings. The van der Waals surface area contributed by atoms with Gasteiger partial charge in [0.15, 0.2) is 5.78 Å². The molecule has 0 aliphatic carbocycles. The van der Waals surface area contributed by atoms with Gasteiger partial charge in [-0.05, 0) is 25.0 Å². The zero-order valence-corrected chi connectivity index (χ0v) is 11.3. The molecule has 0 saturated carbocycles. The lowest BCUT2D eigenvalue weighted by Gasteiger charge is -2.07. The molecule has 0 spiro atoms. The molecule has 0 aliphatic rings. The third-order valence-corrected chi connectivity index (χ3v) is 2.86. The largest absolute Gasteiger partial charge is 0.371 e. The maximum atomic E-state index is 11.9. The summed E-state index contributed by atoms with van der Waals surface area (Å²) in [6.07, 6.45) is 0.0764. The molecule has 2 heteroatoms. The second-order valence-corrected chi connectivity index (χ2v) is 4.73. The lowest BCUT2D eigenvalue weighted by molar-refractivity contribution is 0.0585. The van der Waals surface area contributed by atoms with E-state index in [4.69, 9.17) is 4.74 Å². The van der Waals surface area contributed by atoms with Crippen LogP contribution in [0.3, 0.4) is 0 Å². The number of hydrogen-bond acceptors (Lipinski definition) is 2. The minimum atomic E-state index is 0.0216. The van der Waals surface area contributed by atoms with Crippen LogP contribution in [-0.2, 0) is 4.74 Å². The van der Waals surface area contributed by atoms with E-state index in [-0.39, 0.29) is 18.5 Å². The number of benzene rings is 2. The maximum absolute atomic E-state index is 11.9. The predicted octanol–water partition coefficient (Wildman–Crippen LogP) is 3.96. The predicted molar refractivity (Wildman–Crippen MR) is 77.3 cm³/mol. The molecular weight excluding hydrogens is 236 g/mol. The van der Waals surface area contributed by atoms with Gasteiger partial charge >= 0.3 is 0 Å². The lowest BCUT2D eigenvalue weighted by atomic mass is 10.0. The Balaban J connectivity index is 2.08. The second kappa shape index (κ2) is 6.30. The topological polar surface area (TPSA) is 26.3 Å². The minimum Gasteiger partial charge on any atom is -0.371 e. The number of ether oxygens (including phenoxy) is 1. The van der Waals surface area contributed by atoms with Crippen molar-refractivity contribution in [1.29, 1.82) is 0 Å². The fourth-order valence-electron chi connectivity index (χ4n) is 1.80. The Kier molecular flexibility index (Phi) is 4.48. The van der Waals surface area contributed by atoms with E-state index >= 15 is 0 Å². The highest BCUT2D eigenvalue weighted by atomic mass is 16.5. The van der Waals surface area contributed by atoms with Crippen molar-refractivity contribution in [2.45, 2.75) is 20.0 Å². The Morgan fingerprint density at radius 3 is 2.11 bits per heavy atom. The molecule has 0 amide bonds. The lowest BCUT2D eigenvalue weighted by Crippen LogP contribution is -2.13. The van der Waals surface area contributed by atoms with Crippen LogP contribution >= 0.6 is 0 Å².